The van der Waals surface area contributed by atoms with Crippen LogP contribution in [0.15, 0.2) is 0 Å². The van der Waals surface area contributed by atoms with Gasteiger partial charge in [0.1, 0.15) is 23.9 Å². The van der Waals surface area contributed by atoms with E-state index in [9.17, 15) is 24.0 Å². The molecule has 0 radical (unpaired) electrons. The molecule has 196 valence electrons. The average molecular weight is 491 g/mol. The molecule has 0 heterocycles. The first-order valence-electron chi connectivity index (χ1n) is 10.9. The van der Waals surface area contributed by atoms with Gasteiger partial charge >= 0.3 is 30.1 Å². The Balaban J connectivity index is 4.59. The quantitative estimate of drug-likeness (QED) is 0.250. The third-order valence-electron chi connectivity index (χ3n) is 3.89. The van der Waals surface area contributed by atoms with Crippen molar-refractivity contribution in [3.05, 3.63) is 0 Å². The summed E-state index contributed by atoms with van der Waals surface area (Å²) in [7, 11) is 2.34. The third-order valence-corrected chi connectivity index (χ3v) is 3.89. The molecule has 0 saturated carbocycles. The second-order valence-electron chi connectivity index (χ2n) is 9.37. The summed E-state index contributed by atoms with van der Waals surface area (Å²) < 4.78 is 24.6. The second-order valence-corrected chi connectivity index (χ2v) is 9.37. The van der Waals surface area contributed by atoms with E-state index in [1.54, 1.807) is 41.5 Å². The highest BCUT2D eigenvalue weighted by Gasteiger charge is 2.27. The zero-order chi connectivity index (χ0) is 26.5. The highest BCUT2D eigenvalue weighted by molar-refractivity contribution is 5.82. The molecule has 0 saturated heterocycles. The fraction of sp³-hybridized carbons (Fsp3) is 0.773. The smallest absolute Gasteiger partial charge is 0.408 e. The standard InChI is InChI=1S/C22H38N2O10/c1-21(2,3)33-19(28)23-14(17(26)30-7)11-9-10-12-16(25)32-13-15(18(27)31-8)24-20(29)34-22(4,5)6/h14-15H,9-13H2,1-8H3,(H,23,28)(H,24,29)/t14-,15-/m0/s1. The molecule has 0 rings (SSSR count). The predicted molar refractivity (Wildman–Crippen MR) is 120 cm³/mol. The first-order valence-corrected chi connectivity index (χ1v) is 10.9. The monoisotopic (exact) mass is 490 g/mol. The lowest BCUT2D eigenvalue weighted by Crippen LogP contribution is -2.47. The summed E-state index contributed by atoms with van der Waals surface area (Å²) in [4.78, 5) is 59.6. The van der Waals surface area contributed by atoms with Crippen molar-refractivity contribution in [3.63, 3.8) is 0 Å². The molecule has 0 fully saturated rings. The lowest BCUT2D eigenvalue weighted by atomic mass is 10.1. The van der Waals surface area contributed by atoms with Crippen LogP contribution in [-0.2, 0) is 38.1 Å². The van der Waals surface area contributed by atoms with E-state index in [0.29, 0.717) is 12.8 Å². The van der Waals surface area contributed by atoms with Crippen molar-refractivity contribution in [1.29, 1.82) is 0 Å². The molecule has 12 heteroatoms. The Morgan fingerprint density at radius 2 is 1.15 bits per heavy atom. The van der Waals surface area contributed by atoms with Gasteiger partial charge in [-0.05, 0) is 54.4 Å². The Morgan fingerprint density at radius 3 is 1.59 bits per heavy atom. The SMILES string of the molecule is COC(=O)[C@H](CCCCC(=O)OC[C@H](NC(=O)OC(C)(C)C)C(=O)OC)NC(=O)OC(C)(C)C. The number of hydrogen-bond acceptors (Lipinski definition) is 10. The van der Waals surface area contributed by atoms with Gasteiger partial charge in [0.15, 0.2) is 6.04 Å². The second kappa shape index (κ2) is 14.3. The maximum Gasteiger partial charge on any atom is 0.408 e. The van der Waals surface area contributed by atoms with Crippen LogP contribution in [0.5, 0.6) is 0 Å². The van der Waals surface area contributed by atoms with E-state index in [4.69, 9.17) is 18.9 Å². The fourth-order valence-corrected chi connectivity index (χ4v) is 2.47. The Hall–Kier alpha value is -3.05. The molecule has 0 bridgehead atoms. The van der Waals surface area contributed by atoms with Crippen LogP contribution in [-0.4, -0.2) is 74.2 Å². The number of hydrogen-bond donors (Lipinski definition) is 2. The van der Waals surface area contributed by atoms with Gasteiger partial charge in [-0.2, -0.15) is 0 Å². The first-order chi connectivity index (χ1) is 15.6. The molecule has 0 aliphatic rings. The highest BCUT2D eigenvalue weighted by Crippen LogP contribution is 2.11. The van der Waals surface area contributed by atoms with Gasteiger partial charge in [0, 0.05) is 6.42 Å². The zero-order valence-corrected chi connectivity index (χ0v) is 21.3. The van der Waals surface area contributed by atoms with Gasteiger partial charge in [-0.1, -0.05) is 6.42 Å². The van der Waals surface area contributed by atoms with E-state index in [1.807, 2.05) is 0 Å². The lowest BCUT2D eigenvalue weighted by Gasteiger charge is -2.22. The van der Waals surface area contributed by atoms with Gasteiger partial charge in [-0.25, -0.2) is 19.2 Å². The van der Waals surface area contributed by atoms with Crippen LogP contribution < -0.4 is 10.6 Å². The van der Waals surface area contributed by atoms with Gasteiger partial charge in [0.05, 0.1) is 14.2 Å². The maximum atomic E-state index is 12.0. The topological polar surface area (TPSA) is 156 Å². The van der Waals surface area contributed by atoms with Gasteiger partial charge in [0.2, 0.25) is 0 Å². The van der Waals surface area contributed by atoms with Crippen molar-refractivity contribution in [3.8, 4) is 0 Å². The number of carbonyl (C=O) groups is 5. The summed E-state index contributed by atoms with van der Waals surface area (Å²) in [5, 5.41) is 4.75. The van der Waals surface area contributed by atoms with Crippen LogP contribution in [0.2, 0.25) is 0 Å². The van der Waals surface area contributed by atoms with E-state index < -0.39 is 60.0 Å². The summed E-state index contributed by atoms with van der Waals surface area (Å²) >= 11 is 0. The predicted octanol–water partition coefficient (Wildman–Crippen LogP) is 2.22. The molecule has 34 heavy (non-hydrogen) atoms. The van der Waals surface area contributed by atoms with Gasteiger partial charge in [-0.3, -0.25) is 4.79 Å². The summed E-state index contributed by atoms with van der Waals surface area (Å²) in [5.41, 5.74) is -1.50. The van der Waals surface area contributed by atoms with Crippen molar-refractivity contribution < 1.29 is 47.7 Å². The molecule has 2 N–H and O–H groups in total. The van der Waals surface area contributed by atoms with Crippen molar-refractivity contribution in [1.82, 2.24) is 10.6 Å². The largest absolute Gasteiger partial charge is 0.467 e. The van der Waals surface area contributed by atoms with Crippen molar-refractivity contribution in [2.24, 2.45) is 0 Å². The van der Waals surface area contributed by atoms with E-state index in [2.05, 4.69) is 15.4 Å². The molecule has 0 aliphatic carbocycles. The van der Waals surface area contributed by atoms with Crippen molar-refractivity contribution in [2.75, 3.05) is 20.8 Å². The number of methoxy groups -OCH3 is 2. The number of amides is 2. The van der Waals surface area contributed by atoms with Crippen LogP contribution in [0, 0.1) is 0 Å². The van der Waals surface area contributed by atoms with Crippen molar-refractivity contribution in [2.45, 2.75) is 90.5 Å². The fourth-order valence-electron chi connectivity index (χ4n) is 2.47. The van der Waals surface area contributed by atoms with E-state index in [0.717, 1.165) is 7.11 Å². The number of nitrogens with one attached hydrogen (secondary N) is 2. The number of carbonyl (C=O) groups excluding carboxylic acids is 5. The van der Waals surface area contributed by atoms with Crippen LogP contribution in [0.1, 0.15) is 67.2 Å². The molecule has 12 nitrogen and oxygen atoms in total. The lowest BCUT2D eigenvalue weighted by molar-refractivity contribution is -0.150. The summed E-state index contributed by atoms with van der Waals surface area (Å²) in [6.45, 7) is 9.63. The van der Waals surface area contributed by atoms with Crippen LogP contribution >= 0.6 is 0 Å². The van der Waals surface area contributed by atoms with Crippen LogP contribution in [0.3, 0.4) is 0 Å². The summed E-state index contributed by atoms with van der Waals surface area (Å²) in [6, 6.07) is -2.16. The molecule has 0 aromatic heterocycles. The molecule has 0 aromatic rings. The normalized spacial score (nSPS) is 13.1. The van der Waals surface area contributed by atoms with Crippen molar-refractivity contribution >= 4 is 30.1 Å². The Bertz CT molecular complexity index is 709. The zero-order valence-electron chi connectivity index (χ0n) is 21.3. The maximum absolute atomic E-state index is 12.0. The Morgan fingerprint density at radius 1 is 0.706 bits per heavy atom. The molecule has 2 amide bonds. The Labute approximate surface area is 200 Å². The average Bonchev–Trinajstić information content (AvgIpc) is 2.69. The van der Waals surface area contributed by atoms with Crippen LogP contribution in [0.25, 0.3) is 0 Å². The summed E-state index contributed by atoms with van der Waals surface area (Å²) in [6.07, 6.45) is -0.685. The molecule has 0 aliphatic heterocycles. The molecule has 0 aromatic carbocycles. The van der Waals surface area contributed by atoms with Crippen LogP contribution in [0.4, 0.5) is 9.59 Å². The first kappa shape index (κ1) is 30.9. The molecular weight excluding hydrogens is 452 g/mol. The molecule has 0 unspecified atom stereocenters. The van der Waals surface area contributed by atoms with E-state index in [-0.39, 0.29) is 12.8 Å². The number of alkyl carbamates (subject to hydrolysis) is 2. The van der Waals surface area contributed by atoms with E-state index >= 15 is 0 Å². The third kappa shape index (κ3) is 14.9. The number of ether oxygens (including phenoxy) is 5. The Kier molecular flexibility index (Phi) is 13.0. The number of rotatable bonds is 11. The number of unbranched alkanes of at least 4 members (excludes halogenated alkanes) is 1. The van der Waals surface area contributed by atoms with Gasteiger partial charge in [0.25, 0.3) is 0 Å². The van der Waals surface area contributed by atoms with Gasteiger partial charge < -0.3 is 34.3 Å². The minimum absolute atomic E-state index is 0.0132. The van der Waals surface area contributed by atoms with E-state index in [1.165, 1.54) is 7.11 Å². The summed E-state index contributed by atoms with van der Waals surface area (Å²) in [5.74, 6) is -2.05. The molecule has 0 spiro atoms. The number of esters is 3. The highest BCUT2D eigenvalue weighted by atomic mass is 16.6. The minimum Gasteiger partial charge on any atom is -0.467 e. The minimum atomic E-state index is -1.23. The molecular formula is C22H38N2O10. The molecule has 2 atom stereocenters. The van der Waals surface area contributed by atoms with Gasteiger partial charge in [-0.15, -0.1) is 0 Å².